The van der Waals surface area contributed by atoms with Gasteiger partial charge in [-0.05, 0) is 26.0 Å². The SMILES string of the molecule is CNC(=O)C(C)(C)CNCc1cccn1C. The van der Waals surface area contributed by atoms with Crippen molar-refractivity contribution in [1.29, 1.82) is 0 Å². The van der Waals surface area contributed by atoms with Gasteiger partial charge in [0.25, 0.3) is 0 Å². The van der Waals surface area contributed by atoms with Crippen LogP contribution in [0.25, 0.3) is 0 Å². The third kappa shape index (κ3) is 3.10. The van der Waals surface area contributed by atoms with Gasteiger partial charge in [-0.3, -0.25) is 4.79 Å². The predicted octanol–water partition coefficient (Wildman–Crippen LogP) is 0.887. The first kappa shape index (κ1) is 12.8. The lowest BCUT2D eigenvalue weighted by Crippen LogP contribution is -2.42. The number of aryl methyl sites for hydroxylation is 1. The molecule has 4 heteroatoms. The van der Waals surface area contributed by atoms with Gasteiger partial charge in [0.15, 0.2) is 0 Å². The van der Waals surface area contributed by atoms with Crippen LogP contribution < -0.4 is 10.6 Å². The first-order valence-corrected chi connectivity index (χ1v) is 5.50. The van der Waals surface area contributed by atoms with Crippen LogP contribution in [0, 0.1) is 5.41 Å². The van der Waals surface area contributed by atoms with Crippen LogP contribution in [0.4, 0.5) is 0 Å². The Kier molecular flexibility index (Phi) is 4.12. The Morgan fingerprint density at radius 1 is 1.50 bits per heavy atom. The molecule has 0 bridgehead atoms. The Bertz CT molecular complexity index is 355. The molecule has 1 amide bonds. The van der Waals surface area contributed by atoms with Crippen molar-refractivity contribution >= 4 is 5.91 Å². The normalized spacial score (nSPS) is 11.5. The number of amides is 1. The van der Waals surface area contributed by atoms with E-state index in [0.717, 1.165) is 6.54 Å². The van der Waals surface area contributed by atoms with Crippen molar-refractivity contribution in [1.82, 2.24) is 15.2 Å². The summed E-state index contributed by atoms with van der Waals surface area (Å²) >= 11 is 0. The van der Waals surface area contributed by atoms with Gasteiger partial charge in [0.05, 0.1) is 5.41 Å². The third-order valence-corrected chi connectivity index (χ3v) is 2.77. The molecule has 4 nitrogen and oxygen atoms in total. The molecule has 0 unspecified atom stereocenters. The van der Waals surface area contributed by atoms with E-state index in [-0.39, 0.29) is 11.3 Å². The van der Waals surface area contributed by atoms with Crippen LogP contribution in [0.15, 0.2) is 18.3 Å². The van der Waals surface area contributed by atoms with Crippen LogP contribution in [-0.2, 0) is 18.4 Å². The van der Waals surface area contributed by atoms with Crippen molar-refractivity contribution in [2.45, 2.75) is 20.4 Å². The predicted molar refractivity (Wildman–Crippen MR) is 65.0 cm³/mol. The molecule has 0 saturated carbocycles. The van der Waals surface area contributed by atoms with Crippen molar-refractivity contribution in [2.24, 2.45) is 12.5 Å². The topological polar surface area (TPSA) is 46.1 Å². The number of nitrogens with zero attached hydrogens (tertiary/aromatic N) is 1. The molecule has 90 valence electrons. The van der Waals surface area contributed by atoms with Gasteiger partial charge >= 0.3 is 0 Å². The molecule has 1 rings (SSSR count). The highest BCUT2D eigenvalue weighted by molar-refractivity contribution is 5.81. The Labute approximate surface area is 97.0 Å². The monoisotopic (exact) mass is 223 g/mol. The van der Waals surface area contributed by atoms with Crippen LogP contribution in [0.2, 0.25) is 0 Å². The maximum atomic E-state index is 11.5. The average Bonchev–Trinajstić information content (AvgIpc) is 2.63. The number of hydrogen-bond acceptors (Lipinski definition) is 2. The van der Waals surface area contributed by atoms with E-state index in [9.17, 15) is 4.79 Å². The number of carbonyl (C=O) groups excluding carboxylic acids is 1. The van der Waals surface area contributed by atoms with E-state index in [1.165, 1.54) is 5.69 Å². The second-order valence-electron chi connectivity index (χ2n) is 4.68. The third-order valence-electron chi connectivity index (χ3n) is 2.77. The first-order valence-electron chi connectivity index (χ1n) is 5.50. The fourth-order valence-electron chi connectivity index (χ4n) is 1.60. The van der Waals surface area contributed by atoms with E-state index < -0.39 is 0 Å². The molecule has 0 aliphatic rings. The van der Waals surface area contributed by atoms with E-state index in [4.69, 9.17) is 0 Å². The van der Waals surface area contributed by atoms with Crippen LogP contribution in [0.3, 0.4) is 0 Å². The highest BCUT2D eigenvalue weighted by Crippen LogP contribution is 2.13. The number of hydrogen-bond donors (Lipinski definition) is 2. The van der Waals surface area contributed by atoms with Gasteiger partial charge in [-0.2, -0.15) is 0 Å². The van der Waals surface area contributed by atoms with Crippen LogP contribution >= 0.6 is 0 Å². The molecule has 0 aliphatic carbocycles. The molecule has 0 fully saturated rings. The van der Waals surface area contributed by atoms with Crippen molar-refractivity contribution in [2.75, 3.05) is 13.6 Å². The highest BCUT2D eigenvalue weighted by atomic mass is 16.2. The van der Waals surface area contributed by atoms with Gasteiger partial charge in [0.1, 0.15) is 0 Å². The number of carbonyl (C=O) groups is 1. The minimum Gasteiger partial charge on any atom is -0.359 e. The molecule has 0 saturated heterocycles. The van der Waals surface area contributed by atoms with Crippen molar-refractivity contribution in [3.05, 3.63) is 24.0 Å². The molecule has 0 atom stereocenters. The van der Waals surface area contributed by atoms with E-state index in [1.807, 2.05) is 33.2 Å². The molecule has 0 aliphatic heterocycles. The summed E-state index contributed by atoms with van der Waals surface area (Å²) in [6.45, 7) is 5.31. The summed E-state index contributed by atoms with van der Waals surface area (Å²) in [5.41, 5.74) is 0.840. The Balaban J connectivity index is 2.41. The van der Waals surface area contributed by atoms with E-state index >= 15 is 0 Å². The number of rotatable bonds is 5. The quantitative estimate of drug-likeness (QED) is 0.778. The molecular weight excluding hydrogens is 202 g/mol. The molecule has 0 aromatic carbocycles. The lowest BCUT2D eigenvalue weighted by atomic mass is 9.92. The van der Waals surface area contributed by atoms with Gasteiger partial charge in [-0.1, -0.05) is 0 Å². The minimum absolute atomic E-state index is 0.0619. The standard InChI is InChI=1S/C12H21N3O/c1-12(2,11(16)13-3)9-14-8-10-6-5-7-15(10)4/h5-7,14H,8-9H2,1-4H3,(H,13,16). The maximum absolute atomic E-state index is 11.5. The van der Waals surface area contributed by atoms with Crippen LogP contribution in [-0.4, -0.2) is 24.1 Å². The van der Waals surface area contributed by atoms with E-state index in [0.29, 0.717) is 6.54 Å². The average molecular weight is 223 g/mol. The van der Waals surface area contributed by atoms with Crippen molar-refractivity contribution in [3.63, 3.8) is 0 Å². The molecule has 0 spiro atoms. The zero-order chi connectivity index (χ0) is 12.2. The molecule has 16 heavy (non-hydrogen) atoms. The van der Waals surface area contributed by atoms with Crippen molar-refractivity contribution < 1.29 is 4.79 Å². The molecular formula is C12H21N3O. The second kappa shape index (κ2) is 5.16. The summed E-state index contributed by atoms with van der Waals surface area (Å²) in [6.07, 6.45) is 2.01. The molecule has 2 N–H and O–H groups in total. The smallest absolute Gasteiger partial charge is 0.226 e. The number of nitrogens with one attached hydrogen (secondary N) is 2. The zero-order valence-electron chi connectivity index (χ0n) is 10.5. The Morgan fingerprint density at radius 3 is 2.69 bits per heavy atom. The lowest BCUT2D eigenvalue weighted by Gasteiger charge is -2.23. The summed E-state index contributed by atoms with van der Waals surface area (Å²) in [5.74, 6) is 0.0619. The van der Waals surface area contributed by atoms with Gasteiger partial charge in [0.2, 0.25) is 5.91 Å². The fourth-order valence-corrected chi connectivity index (χ4v) is 1.60. The first-order chi connectivity index (χ1) is 7.47. The fraction of sp³-hybridized carbons (Fsp3) is 0.583. The molecule has 0 radical (unpaired) electrons. The highest BCUT2D eigenvalue weighted by Gasteiger charge is 2.25. The summed E-state index contributed by atoms with van der Waals surface area (Å²) in [7, 11) is 3.68. The summed E-state index contributed by atoms with van der Waals surface area (Å²) in [5, 5.41) is 5.98. The van der Waals surface area contributed by atoms with Gasteiger partial charge in [0, 0.05) is 39.1 Å². The van der Waals surface area contributed by atoms with Crippen LogP contribution in [0.5, 0.6) is 0 Å². The summed E-state index contributed by atoms with van der Waals surface area (Å²) < 4.78 is 2.07. The lowest BCUT2D eigenvalue weighted by molar-refractivity contribution is -0.128. The van der Waals surface area contributed by atoms with E-state index in [2.05, 4.69) is 21.3 Å². The zero-order valence-corrected chi connectivity index (χ0v) is 10.5. The molecule has 1 aromatic rings. The Hall–Kier alpha value is -1.29. The molecule has 1 aromatic heterocycles. The van der Waals surface area contributed by atoms with Gasteiger partial charge < -0.3 is 15.2 Å². The minimum atomic E-state index is -0.375. The summed E-state index contributed by atoms with van der Waals surface area (Å²) in [6, 6.07) is 4.08. The van der Waals surface area contributed by atoms with Crippen molar-refractivity contribution in [3.8, 4) is 0 Å². The second-order valence-corrected chi connectivity index (χ2v) is 4.68. The van der Waals surface area contributed by atoms with E-state index in [1.54, 1.807) is 7.05 Å². The largest absolute Gasteiger partial charge is 0.359 e. The van der Waals surface area contributed by atoms with Gasteiger partial charge in [-0.25, -0.2) is 0 Å². The Morgan fingerprint density at radius 2 is 2.19 bits per heavy atom. The maximum Gasteiger partial charge on any atom is 0.226 e. The van der Waals surface area contributed by atoms with Gasteiger partial charge in [-0.15, -0.1) is 0 Å². The molecule has 1 heterocycles. The number of aromatic nitrogens is 1. The van der Waals surface area contributed by atoms with Crippen LogP contribution in [0.1, 0.15) is 19.5 Å². The summed E-state index contributed by atoms with van der Waals surface area (Å²) in [4.78, 5) is 11.5.